The van der Waals surface area contributed by atoms with Crippen molar-refractivity contribution in [3.8, 4) is 0 Å². The van der Waals surface area contributed by atoms with Crippen LogP contribution in [-0.4, -0.2) is 60.6 Å². The van der Waals surface area contributed by atoms with E-state index in [4.69, 9.17) is 15.0 Å². The van der Waals surface area contributed by atoms with Crippen molar-refractivity contribution < 1.29 is 30.0 Å². The molecular weight excluding hydrogens is 801 g/mol. The molecule has 0 amide bonds. The Kier molecular flexibility index (Phi) is 17.2. The fourth-order valence-electron chi connectivity index (χ4n) is 8.45. The fraction of sp³-hybridized carbons (Fsp3) is 0.389. The molecule has 64 heavy (non-hydrogen) atoms. The number of carboxylic acid groups (broad SMARTS) is 2. The van der Waals surface area contributed by atoms with Crippen molar-refractivity contribution >= 4 is 47.3 Å². The number of aliphatic hydroxyl groups excluding tert-OH is 2. The minimum Gasteiger partial charge on any atom is -0.515 e. The third-order valence-electron chi connectivity index (χ3n) is 12.3. The Morgan fingerprint density at radius 1 is 0.672 bits per heavy atom. The van der Waals surface area contributed by atoms with E-state index in [1.165, 1.54) is 22.3 Å². The predicted octanol–water partition coefficient (Wildman–Crippen LogP) is 11.0. The van der Waals surface area contributed by atoms with Gasteiger partial charge in [-0.1, -0.05) is 59.3 Å². The molecule has 5 heterocycles. The SMILES string of the molecule is C=Cc1c(C)c2[nH]c1=CC1=NC(=C(CCC(=O)O)/C1=C\O)C=C1N=C(C=C3N=C(C=2)C(C(O)CCC=C(C)CCC=C(C)CCC=C(C)CCC=C(C)C)=C3C)C(C)=C1CCC(=O)O. The first kappa shape index (κ1) is 48.9. The summed E-state index contributed by atoms with van der Waals surface area (Å²) in [6, 6.07) is 0. The number of H-pyrrole nitrogens is 1. The van der Waals surface area contributed by atoms with Crippen LogP contribution in [0.25, 0.3) is 18.2 Å². The molecule has 8 bridgehead atoms. The number of nitrogens with zero attached hydrogens (tertiary/aromatic N) is 3. The minimum absolute atomic E-state index is 0.0983. The number of carboxylic acids is 2. The normalized spacial score (nSPS) is 17.8. The number of aliphatic imine (C=N–C) groups is 3. The van der Waals surface area contributed by atoms with Crippen molar-refractivity contribution in [1.82, 2.24) is 4.98 Å². The molecule has 1 aromatic heterocycles. The van der Waals surface area contributed by atoms with Gasteiger partial charge in [-0.3, -0.25) is 9.59 Å². The number of aromatic amines is 1. The topological polar surface area (TPSA) is 168 Å². The quantitative estimate of drug-likeness (QED) is 0.0646. The monoisotopic (exact) mass is 866 g/mol. The first-order valence-corrected chi connectivity index (χ1v) is 22.5. The summed E-state index contributed by atoms with van der Waals surface area (Å²) in [7, 11) is 0. The fourth-order valence-corrected chi connectivity index (χ4v) is 8.45. The van der Waals surface area contributed by atoms with E-state index >= 15 is 0 Å². The van der Waals surface area contributed by atoms with E-state index in [9.17, 15) is 30.0 Å². The summed E-state index contributed by atoms with van der Waals surface area (Å²) in [6.07, 6.45) is 26.0. The summed E-state index contributed by atoms with van der Waals surface area (Å²) in [4.78, 5) is 42.0. The molecule has 0 radical (unpaired) electrons. The van der Waals surface area contributed by atoms with Gasteiger partial charge in [-0.05, 0) is 172 Å². The average Bonchev–Trinajstić information content (AvgIpc) is 3.91. The van der Waals surface area contributed by atoms with Gasteiger partial charge in [0.15, 0.2) is 0 Å². The van der Waals surface area contributed by atoms with Gasteiger partial charge in [-0.2, -0.15) is 0 Å². The van der Waals surface area contributed by atoms with Crippen molar-refractivity contribution in [3.63, 3.8) is 0 Å². The molecule has 0 saturated heterocycles. The Hall–Kier alpha value is -6.13. The molecule has 0 saturated carbocycles. The lowest BCUT2D eigenvalue weighted by Crippen LogP contribution is -2.20. The number of allylic oxidation sites excluding steroid dienone is 15. The minimum atomic E-state index is -0.993. The van der Waals surface area contributed by atoms with E-state index in [1.807, 2.05) is 32.9 Å². The zero-order chi connectivity index (χ0) is 46.7. The molecule has 1 atom stereocenters. The lowest BCUT2D eigenvalue weighted by atomic mass is 9.94. The van der Waals surface area contributed by atoms with Gasteiger partial charge in [0, 0.05) is 40.2 Å². The number of fused-ring (bicyclic) bond motifs is 5. The average molecular weight is 867 g/mol. The molecule has 1 aromatic rings. The number of aliphatic carboxylic acids is 2. The van der Waals surface area contributed by atoms with Crippen molar-refractivity contribution in [2.75, 3.05) is 0 Å². The molecule has 0 fully saturated rings. The first-order chi connectivity index (χ1) is 30.5. The molecular formula is C54H66N4O6. The molecule has 0 spiro atoms. The molecule has 0 aromatic carbocycles. The van der Waals surface area contributed by atoms with Gasteiger partial charge in [-0.25, -0.2) is 15.0 Å². The third-order valence-corrected chi connectivity index (χ3v) is 12.3. The standard InChI is InChI=1S/C54H66N4O6/c1-10-39-36(7)44-28-50-54(51(60)22-14-21-35(6)20-13-19-34(5)18-12-17-33(4)16-11-15-32(2)3)38(9)45(57-50)27-43-37(8)40(23-25-52(61)62)47(56-43)30-48-41(24-26-53(63)64)42(31-59)49(58-48)29-46(39)55-44/h10,15,17,19,21,27-31,51,55,59-60H,1,11-14,16,18,20,22-26H2,2-9H3,(H,61,62)(H,63,64)/b33-17?,34-19?,35-21?,42-31+,44-28?,45-27?,46-29?,47-30?. The van der Waals surface area contributed by atoms with Crippen LogP contribution in [0, 0.1) is 6.92 Å². The molecule has 4 aliphatic heterocycles. The van der Waals surface area contributed by atoms with Gasteiger partial charge in [0.1, 0.15) is 0 Å². The number of rotatable bonds is 20. The Morgan fingerprint density at radius 3 is 1.81 bits per heavy atom. The van der Waals surface area contributed by atoms with E-state index in [0.717, 1.165) is 83.6 Å². The highest BCUT2D eigenvalue weighted by Gasteiger charge is 2.29. The van der Waals surface area contributed by atoms with Crippen LogP contribution < -0.4 is 10.7 Å². The van der Waals surface area contributed by atoms with Crippen molar-refractivity contribution in [2.24, 2.45) is 15.0 Å². The van der Waals surface area contributed by atoms with E-state index in [0.29, 0.717) is 63.6 Å². The highest BCUT2D eigenvalue weighted by atomic mass is 16.4. The largest absolute Gasteiger partial charge is 0.515 e. The zero-order valence-electron chi connectivity index (χ0n) is 39.0. The van der Waals surface area contributed by atoms with E-state index in [2.05, 4.69) is 70.5 Å². The maximum absolute atomic E-state index is 11.9. The number of hydrogen-bond donors (Lipinski definition) is 5. The van der Waals surface area contributed by atoms with Crippen LogP contribution in [0.1, 0.15) is 137 Å². The molecule has 5 N–H and O–H groups in total. The Morgan fingerprint density at radius 2 is 1.23 bits per heavy atom. The summed E-state index contributed by atoms with van der Waals surface area (Å²) < 4.78 is 0. The summed E-state index contributed by atoms with van der Waals surface area (Å²) in [5.74, 6) is -1.94. The summed E-state index contributed by atoms with van der Waals surface area (Å²) >= 11 is 0. The maximum Gasteiger partial charge on any atom is 0.303 e. The molecule has 1 unspecified atom stereocenters. The van der Waals surface area contributed by atoms with Crippen molar-refractivity contribution in [3.05, 3.63) is 144 Å². The zero-order valence-corrected chi connectivity index (χ0v) is 39.0. The van der Waals surface area contributed by atoms with Crippen molar-refractivity contribution in [2.45, 2.75) is 139 Å². The summed E-state index contributed by atoms with van der Waals surface area (Å²) in [5.41, 5.74) is 14.4. The van der Waals surface area contributed by atoms with Gasteiger partial charge >= 0.3 is 11.9 Å². The summed E-state index contributed by atoms with van der Waals surface area (Å²) in [5, 5.41) is 43.2. The molecule has 0 aliphatic carbocycles. The van der Waals surface area contributed by atoms with Crippen LogP contribution in [0.5, 0.6) is 0 Å². The highest BCUT2D eigenvalue weighted by Crippen LogP contribution is 2.37. The van der Waals surface area contributed by atoms with Gasteiger partial charge < -0.3 is 25.4 Å². The van der Waals surface area contributed by atoms with Gasteiger partial charge in [-0.15, -0.1) is 0 Å². The maximum atomic E-state index is 11.9. The third kappa shape index (κ3) is 12.5. The molecule has 4 aliphatic rings. The number of nitrogens with one attached hydrogen (secondary N) is 1. The number of hydrogen-bond acceptors (Lipinski definition) is 7. The molecule has 338 valence electrons. The second-order valence-electron chi connectivity index (χ2n) is 17.5. The Labute approximate surface area is 378 Å². The van der Waals surface area contributed by atoms with Gasteiger partial charge in [0.25, 0.3) is 0 Å². The number of aliphatic hydroxyl groups is 2. The highest BCUT2D eigenvalue weighted by molar-refractivity contribution is 6.26. The van der Waals surface area contributed by atoms with Crippen LogP contribution in [-0.2, 0) is 9.59 Å². The predicted molar refractivity (Wildman–Crippen MR) is 263 cm³/mol. The smallest absolute Gasteiger partial charge is 0.303 e. The van der Waals surface area contributed by atoms with E-state index < -0.39 is 18.0 Å². The first-order valence-electron chi connectivity index (χ1n) is 22.5. The van der Waals surface area contributed by atoms with Crippen LogP contribution in [0.4, 0.5) is 0 Å². The van der Waals surface area contributed by atoms with Crippen LogP contribution >= 0.6 is 0 Å². The van der Waals surface area contributed by atoms with E-state index in [-0.39, 0.29) is 25.7 Å². The van der Waals surface area contributed by atoms with Crippen LogP contribution in [0.2, 0.25) is 0 Å². The Balaban J connectivity index is 1.47. The van der Waals surface area contributed by atoms with Crippen molar-refractivity contribution in [1.29, 1.82) is 0 Å². The van der Waals surface area contributed by atoms with Gasteiger partial charge in [0.2, 0.25) is 0 Å². The molecule has 10 nitrogen and oxygen atoms in total. The molecule has 5 rings (SSSR count). The molecule has 10 heteroatoms. The van der Waals surface area contributed by atoms with E-state index in [1.54, 1.807) is 18.2 Å². The summed E-state index contributed by atoms with van der Waals surface area (Å²) in [6.45, 7) is 20.8. The van der Waals surface area contributed by atoms with Crippen LogP contribution in [0.3, 0.4) is 0 Å². The number of aromatic nitrogens is 1. The second kappa shape index (κ2) is 22.5. The van der Waals surface area contributed by atoms with Gasteiger partial charge in [0.05, 0.1) is 46.6 Å². The number of carbonyl (C=O) groups is 2. The Bertz CT molecular complexity index is 2610. The lowest BCUT2D eigenvalue weighted by molar-refractivity contribution is -0.137. The lowest BCUT2D eigenvalue weighted by Gasteiger charge is -2.13. The van der Waals surface area contributed by atoms with Crippen LogP contribution in [0.15, 0.2) is 137 Å². The second-order valence-corrected chi connectivity index (χ2v) is 17.5.